The highest BCUT2D eigenvalue weighted by atomic mass is 79.9. The van der Waals surface area contributed by atoms with Gasteiger partial charge in [-0.25, -0.2) is 4.79 Å². The smallest absolute Gasteiger partial charge is 0.328 e. The van der Waals surface area contributed by atoms with E-state index in [4.69, 9.17) is 5.11 Å². The van der Waals surface area contributed by atoms with E-state index in [1.54, 1.807) is 6.08 Å². The normalized spacial score (nSPS) is 11.8. The molecule has 2 aromatic carbocycles. The van der Waals surface area contributed by atoms with Gasteiger partial charge in [0.15, 0.2) is 0 Å². The minimum absolute atomic E-state index is 0.904. The predicted octanol–water partition coefficient (Wildman–Crippen LogP) is 4.19. The van der Waals surface area contributed by atoms with Crippen LogP contribution in [0.3, 0.4) is 0 Å². The lowest BCUT2D eigenvalue weighted by molar-refractivity contribution is -0.131. The highest BCUT2D eigenvalue weighted by Crippen LogP contribution is 2.48. The highest BCUT2D eigenvalue weighted by Gasteiger charge is 2.21. The number of fused-ring (bicyclic) bond motifs is 4. The zero-order valence-corrected chi connectivity index (χ0v) is 10.9. The fourth-order valence-electron chi connectivity index (χ4n) is 2.20. The first-order valence-corrected chi connectivity index (χ1v) is 6.30. The van der Waals surface area contributed by atoms with E-state index >= 15 is 0 Å². The fourth-order valence-corrected chi connectivity index (χ4v) is 2.56. The van der Waals surface area contributed by atoms with E-state index in [0.717, 1.165) is 16.1 Å². The van der Waals surface area contributed by atoms with Crippen LogP contribution in [0.4, 0.5) is 0 Å². The van der Waals surface area contributed by atoms with Gasteiger partial charge in [-0.05, 0) is 52.1 Å². The van der Waals surface area contributed by atoms with Gasteiger partial charge in [-0.1, -0.05) is 34.1 Å². The van der Waals surface area contributed by atoms with Crippen molar-refractivity contribution < 1.29 is 9.90 Å². The summed E-state index contributed by atoms with van der Waals surface area (Å²) in [6, 6.07) is 12.2. The molecule has 1 aliphatic rings. The van der Waals surface area contributed by atoms with Crippen molar-refractivity contribution in [1.82, 2.24) is 0 Å². The summed E-state index contributed by atoms with van der Waals surface area (Å²) in [6.07, 6.45) is 2.76. The minimum atomic E-state index is -0.930. The number of carboxylic acid groups (broad SMARTS) is 1. The Morgan fingerprint density at radius 3 is 2.39 bits per heavy atom. The first-order valence-electron chi connectivity index (χ1n) is 5.50. The van der Waals surface area contributed by atoms with Crippen LogP contribution in [0.25, 0.3) is 28.3 Å². The summed E-state index contributed by atoms with van der Waals surface area (Å²) in [6.45, 7) is 0. The van der Waals surface area contributed by atoms with Gasteiger partial charge in [-0.3, -0.25) is 0 Å². The Labute approximate surface area is 113 Å². The van der Waals surface area contributed by atoms with E-state index in [1.807, 2.05) is 24.3 Å². The van der Waals surface area contributed by atoms with Gasteiger partial charge in [0, 0.05) is 10.5 Å². The molecule has 3 heteroatoms. The Balaban J connectivity index is 2.01. The van der Waals surface area contributed by atoms with E-state index in [9.17, 15) is 4.79 Å². The number of carboxylic acids is 1. The minimum Gasteiger partial charge on any atom is -0.478 e. The van der Waals surface area contributed by atoms with Crippen LogP contribution in [-0.2, 0) is 4.79 Å². The standard InChI is InChI=1S/C15H9BrO2/c16-10-3-5-12-11-4-1-9(2-6-15(17)18)7-13(11)14(12)8-10/h1-8H,(H,17,18). The number of carbonyl (C=O) groups is 1. The van der Waals surface area contributed by atoms with E-state index in [2.05, 4.69) is 28.1 Å². The summed E-state index contributed by atoms with van der Waals surface area (Å²) in [5, 5.41) is 8.61. The second-order valence-corrected chi connectivity index (χ2v) is 5.08. The zero-order chi connectivity index (χ0) is 12.7. The maximum Gasteiger partial charge on any atom is 0.328 e. The predicted molar refractivity (Wildman–Crippen MR) is 75.2 cm³/mol. The molecule has 0 heterocycles. The molecule has 1 aliphatic carbocycles. The molecule has 2 nitrogen and oxygen atoms in total. The molecule has 0 unspecified atom stereocenters. The van der Waals surface area contributed by atoms with Crippen molar-refractivity contribution in [2.45, 2.75) is 0 Å². The van der Waals surface area contributed by atoms with Gasteiger partial charge in [0.1, 0.15) is 0 Å². The van der Waals surface area contributed by atoms with Crippen LogP contribution in [0.15, 0.2) is 46.9 Å². The maximum absolute atomic E-state index is 10.5. The van der Waals surface area contributed by atoms with Gasteiger partial charge in [0.25, 0.3) is 0 Å². The van der Waals surface area contributed by atoms with Crippen LogP contribution >= 0.6 is 15.9 Å². The van der Waals surface area contributed by atoms with Gasteiger partial charge in [0.05, 0.1) is 0 Å². The summed E-state index contributed by atoms with van der Waals surface area (Å²) >= 11 is 3.46. The van der Waals surface area contributed by atoms with Crippen molar-refractivity contribution in [2.75, 3.05) is 0 Å². The lowest BCUT2D eigenvalue weighted by Crippen LogP contribution is -1.98. The first kappa shape index (κ1) is 11.2. The summed E-state index contributed by atoms with van der Waals surface area (Å²) in [5.74, 6) is -0.930. The van der Waals surface area contributed by atoms with Crippen molar-refractivity contribution in [3.63, 3.8) is 0 Å². The third kappa shape index (κ3) is 1.77. The molecule has 0 spiro atoms. The van der Waals surface area contributed by atoms with Gasteiger partial charge < -0.3 is 5.11 Å². The fraction of sp³-hybridized carbons (Fsp3) is 0. The second-order valence-electron chi connectivity index (χ2n) is 4.17. The molecule has 0 saturated heterocycles. The van der Waals surface area contributed by atoms with Crippen molar-refractivity contribution in [1.29, 1.82) is 0 Å². The molecule has 0 radical (unpaired) electrons. The molecular formula is C15H9BrO2. The van der Waals surface area contributed by atoms with Gasteiger partial charge in [0.2, 0.25) is 0 Å². The van der Waals surface area contributed by atoms with Crippen LogP contribution in [0.2, 0.25) is 0 Å². The van der Waals surface area contributed by atoms with Crippen LogP contribution in [0, 0.1) is 0 Å². The van der Waals surface area contributed by atoms with E-state index < -0.39 is 5.97 Å². The molecule has 0 fully saturated rings. The molecule has 2 aromatic rings. The second kappa shape index (κ2) is 4.10. The van der Waals surface area contributed by atoms with E-state index in [1.165, 1.54) is 22.3 Å². The lowest BCUT2D eigenvalue weighted by atomic mass is 9.80. The van der Waals surface area contributed by atoms with Gasteiger partial charge in [-0.15, -0.1) is 0 Å². The van der Waals surface area contributed by atoms with E-state index in [0.29, 0.717) is 0 Å². The van der Waals surface area contributed by atoms with Crippen molar-refractivity contribution in [2.24, 2.45) is 0 Å². The summed E-state index contributed by atoms with van der Waals surface area (Å²) < 4.78 is 1.05. The van der Waals surface area contributed by atoms with Crippen LogP contribution in [-0.4, -0.2) is 11.1 Å². The third-order valence-electron chi connectivity index (χ3n) is 3.02. The largest absolute Gasteiger partial charge is 0.478 e. The van der Waals surface area contributed by atoms with Crippen molar-refractivity contribution >= 4 is 28.0 Å². The summed E-state index contributed by atoms with van der Waals surface area (Å²) in [5.41, 5.74) is 5.78. The number of aliphatic carboxylic acids is 1. The molecule has 0 aromatic heterocycles. The van der Waals surface area contributed by atoms with Crippen LogP contribution < -0.4 is 0 Å². The Morgan fingerprint density at radius 1 is 1.00 bits per heavy atom. The van der Waals surface area contributed by atoms with Crippen LogP contribution in [0.5, 0.6) is 0 Å². The zero-order valence-electron chi connectivity index (χ0n) is 9.35. The number of hydrogen-bond donors (Lipinski definition) is 1. The topological polar surface area (TPSA) is 37.3 Å². The average molecular weight is 301 g/mol. The Bertz CT molecular complexity index is 687. The number of halogens is 1. The Morgan fingerprint density at radius 2 is 1.67 bits per heavy atom. The molecule has 0 saturated carbocycles. The summed E-state index contributed by atoms with van der Waals surface area (Å²) in [4.78, 5) is 10.5. The first-order chi connectivity index (χ1) is 8.65. The van der Waals surface area contributed by atoms with Crippen molar-refractivity contribution in [3.05, 3.63) is 52.5 Å². The molecule has 0 amide bonds. The molecular weight excluding hydrogens is 292 g/mol. The monoisotopic (exact) mass is 300 g/mol. The third-order valence-corrected chi connectivity index (χ3v) is 3.52. The Kier molecular flexibility index (Phi) is 2.56. The van der Waals surface area contributed by atoms with Crippen molar-refractivity contribution in [3.8, 4) is 22.3 Å². The maximum atomic E-state index is 10.5. The summed E-state index contributed by atoms with van der Waals surface area (Å²) in [7, 11) is 0. The molecule has 0 atom stereocenters. The molecule has 88 valence electrons. The number of rotatable bonds is 2. The Hall–Kier alpha value is -1.87. The molecule has 0 aliphatic heterocycles. The number of hydrogen-bond acceptors (Lipinski definition) is 1. The van der Waals surface area contributed by atoms with Gasteiger partial charge in [-0.2, -0.15) is 0 Å². The quantitative estimate of drug-likeness (QED) is 0.720. The molecule has 0 bridgehead atoms. The molecule has 3 rings (SSSR count). The molecule has 1 N–H and O–H groups in total. The van der Waals surface area contributed by atoms with E-state index in [-0.39, 0.29) is 0 Å². The van der Waals surface area contributed by atoms with Crippen LogP contribution in [0.1, 0.15) is 5.56 Å². The molecule has 18 heavy (non-hydrogen) atoms. The highest BCUT2D eigenvalue weighted by molar-refractivity contribution is 9.10. The lowest BCUT2D eigenvalue weighted by Gasteiger charge is -2.24. The SMILES string of the molecule is O=C(O)C=Cc1ccc2c(c1)-c1cc(Br)ccc1-2. The van der Waals surface area contributed by atoms with Gasteiger partial charge >= 0.3 is 5.97 Å². The average Bonchev–Trinajstić information content (AvgIpc) is 2.34. The number of benzene rings is 2.